The van der Waals surface area contributed by atoms with Crippen LogP contribution in [0.5, 0.6) is 0 Å². The van der Waals surface area contributed by atoms with E-state index in [2.05, 4.69) is 21.2 Å². The third kappa shape index (κ3) is 5.71. The lowest BCUT2D eigenvalue weighted by Gasteiger charge is -2.17. The summed E-state index contributed by atoms with van der Waals surface area (Å²) in [7, 11) is 0. The molecule has 110 valence electrons. The molecule has 0 unspecified atom stereocenters. The van der Waals surface area contributed by atoms with Gasteiger partial charge in [0.05, 0.1) is 24.6 Å². The van der Waals surface area contributed by atoms with Crippen molar-refractivity contribution in [3.8, 4) is 0 Å². The fraction of sp³-hybridized carbons (Fsp3) is 0.429. The Morgan fingerprint density at radius 3 is 2.55 bits per heavy atom. The number of benzene rings is 1. The molecule has 0 aliphatic heterocycles. The van der Waals surface area contributed by atoms with Gasteiger partial charge in [0.25, 0.3) is 0 Å². The Morgan fingerprint density at radius 2 is 2.00 bits per heavy atom. The summed E-state index contributed by atoms with van der Waals surface area (Å²) >= 11 is 3.32. The minimum Gasteiger partial charge on any atom is -0.544 e. The molecule has 0 heterocycles. The van der Waals surface area contributed by atoms with Crippen LogP contribution in [0, 0.1) is 5.92 Å². The summed E-state index contributed by atoms with van der Waals surface area (Å²) < 4.78 is 0.754. The van der Waals surface area contributed by atoms with Gasteiger partial charge in [-0.25, -0.2) is 0 Å². The van der Waals surface area contributed by atoms with E-state index in [0.717, 1.165) is 4.47 Å². The standard InChI is InChI=1S/C14H19BrN2O3/c1-9(2)8-16-12(14(19)20)7-13(18)17-11-6-4-3-5-10(11)15/h3-6,9,12,16H,7-8H2,1-2H3,(H,17,18)(H,19,20)/t12-/m1/s1. The predicted octanol–water partition coefficient (Wildman–Crippen LogP) is 0.116. The average Bonchev–Trinajstić information content (AvgIpc) is 2.36. The first-order valence-corrected chi connectivity index (χ1v) is 7.28. The molecule has 0 saturated heterocycles. The Kier molecular flexibility index (Phi) is 6.67. The third-order valence-corrected chi connectivity index (χ3v) is 3.44. The van der Waals surface area contributed by atoms with Gasteiger partial charge in [-0.15, -0.1) is 0 Å². The number of amides is 1. The number of anilines is 1. The molecule has 0 saturated carbocycles. The maximum atomic E-state index is 11.9. The Labute approximate surface area is 126 Å². The summed E-state index contributed by atoms with van der Waals surface area (Å²) in [5.41, 5.74) is 0.624. The molecule has 5 nitrogen and oxygen atoms in total. The number of nitrogens with one attached hydrogen (secondary N) is 1. The Hall–Kier alpha value is -1.40. The van der Waals surface area contributed by atoms with Gasteiger partial charge in [-0.3, -0.25) is 4.79 Å². The van der Waals surface area contributed by atoms with Gasteiger partial charge in [-0.05, 0) is 28.1 Å². The SMILES string of the molecule is CC(C)C[NH2+][C@H](CC(=O)Nc1ccccc1Br)C(=O)[O-]. The number of carbonyl (C=O) groups is 2. The number of carboxylic acid groups (broad SMARTS) is 1. The lowest BCUT2D eigenvalue weighted by atomic mass is 10.1. The lowest BCUT2D eigenvalue weighted by Crippen LogP contribution is -2.94. The zero-order chi connectivity index (χ0) is 15.1. The molecular weight excluding hydrogens is 324 g/mol. The van der Waals surface area contributed by atoms with E-state index >= 15 is 0 Å². The number of para-hydroxylation sites is 1. The molecule has 0 aliphatic rings. The van der Waals surface area contributed by atoms with Crippen LogP contribution in [-0.2, 0) is 9.59 Å². The van der Waals surface area contributed by atoms with Crippen LogP contribution >= 0.6 is 15.9 Å². The van der Waals surface area contributed by atoms with E-state index in [4.69, 9.17) is 0 Å². The molecule has 6 heteroatoms. The highest BCUT2D eigenvalue weighted by atomic mass is 79.9. The lowest BCUT2D eigenvalue weighted by molar-refractivity contribution is -0.686. The molecule has 1 aromatic carbocycles. The number of hydrogen-bond acceptors (Lipinski definition) is 3. The molecular formula is C14H19BrN2O3. The van der Waals surface area contributed by atoms with Crippen molar-refractivity contribution in [2.24, 2.45) is 5.92 Å². The topological polar surface area (TPSA) is 85.8 Å². The Morgan fingerprint density at radius 1 is 1.35 bits per heavy atom. The number of quaternary nitrogens is 1. The van der Waals surface area contributed by atoms with E-state index in [1.165, 1.54) is 0 Å². The quantitative estimate of drug-likeness (QED) is 0.737. The van der Waals surface area contributed by atoms with Crippen molar-refractivity contribution in [2.45, 2.75) is 26.3 Å². The van der Waals surface area contributed by atoms with Crippen LogP contribution in [0.15, 0.2) is 28.7 Å². The molecule has 0 fully saturated rings. The minimum atomic E-state index is -1.21. The second kappa shape index (κ2) is 8.01. The van der Waals surface area contributed by atoms with E-state index in [9.17, 15) is 14.7 Å². The summed E-state index contributed by atoms with van der Waals surface area (Å²) in [5, 5.41) is 15.4. The monoisotopic (exact) mass is 342 g/mol. The Balaban J connectivity index is 2.58. The molecule has 0 bridgehead atoms. The highest BCUT2D eigenvalue weighted by Gasteiger charge is 2.19. The molecule has 20 heavy (non-hydrogen) atoms. The fourth-order valence-electron chi connectivity index (χ4n) is 1.66. The molecule has 0 spiro atoms. The fourth-order valence-corrected chi connectivity index (χ4v) is 2.05. The number of halogens is 1. The number of carboxylic acids is 1. The highest BCUT2D eigenvalue weighted by Crippen LogP contribution is 2.21. The van der Waals surface area contributed by atoms with E-state index in [-0.39, 0.29) is 12.3 Å². The largest absolute Gasteiger partial charge is 0.544 e. The van der Waals surface area contributed by atoms with Crippen molar-refractivity contribution in [3.63, 3.8) is 0 Å². The highest BCUT2D eigenvalue weighted by molar-refractivity contribution is 9.10. The van der Waals surface area contributed by atoms with Gasteiger partial charge in [0.15, 0.2) is 0 Å². The van der Waals surface area contributed by atoms with E-state index in [1.54, 1.807) is 23.5 Å². The van der Waals surface area contributed by atoms with Crippen LogP contribution in [-0.4, -0.2) is 24.5 Å². The van der Waals surface area contributed by atoms with Gasteiger partial charge >= 0.3 is 0 Å². The van der Waals surface area contributed by atoms with Crippen LogP contribution in [0.1, 0.15) is 20.3 Å². The van der Waals surface area contributed by atoms with Gasteiger partial charge in [0.1, 0.15) is 6.04 Å². The number of nitrogens with two attached hydrogens (primary N) is 1. The van der Waals surface area contributed by atoms with Crippen molar-refractivity contribution < 1.29 is 20.0 Å². The summed E-state index contributed by atoms with van der Waals surface area (Å²) in [4.78, 5) is 22.9. The molecule has 0 aliphatic carbocycles. The summed E-state index contributed by atoms with van der Waals surface area (Å²) in [6.07, 6.45) is -0.115. The maximum absolute atomic E-state index is 11.9. The molecule has 1 rings (SSSR count). The van der Waals surface area contributed by atoms with Crippen molar-refractivity contribution in [1.29, 1.82) is 0 Å². The second-order valence-corrected chi connectivity index (χ2v) is 5.88. The van der Waals surface area contributed by atoms with Gasteiger partial charge in [0.2, 0.25) is 5.91 Å². The summed E-state index contributed by atoms with van der Waals surface area (Å²) in [5.74, 6) is -1.21. The van der Waals surface area contributed by atoms with Gasteiger partial charge in [0, 0.05) is 10.4 Å². The molecule has 3 N–H and O–H groups in total. The summed E-state index contributed by atoms with van der Waals surface area (Å²) in [6, 6.07) is 6.31. The first-order valence-electron chi connectivity index (χ1n) is 6.48. The number of aliphatic carboxylic acids is 1. The normalized spacial score (nSPS) is 12.2. The third-order valence-electron chi connectivity index (χ3n) is 2.75. The van der Waals surface area contributed by atoms with Crippen LogP contribution < -0.4 is 15.7 Å². The van der Waals surface area contributed by atoms with Crippen LogP contribution in [0.25, 0.3) is 0 Å². The number of hydrogen-bond donors (Lipinski definition) is 2. The minimum absolute atomic E-state index is 0.115. The molecule has 1 amide bonds. The number of carbonyl (C=O) groups excluding carboxylic acids is 2. The zero-order valence-corrected chi connectivity index (χ0v) is 13.1. The van der Waals surface area contributed by atoms with Crippen molar-refractivity contribution in [2.75, 3.05) is 11.9 Å². The van der Waals surface area contributed by atoms with Crippen LogP contribution in [0.3, 0.4) is 0 Å². The van der Waals surface area contributed by atoms with Gasteiger partial charge in [-0.1, -0.05) is 26.0 Å². The first kappa shape index (κ1) is 16.7. The van der Waals surface area contributed by atoms with E-state index in [0.29, 0.717) is 18.2 Å². The van der Waals surface area contributed by atoms with E-state index in [1.807, 2.05) is 19.9 Å². The second-order valence-electron chi connectivity index (χ2n) is 5.02. The molecule has 1 atom stereocenters. The van der Waals surface area contributed by atoms with Gasteiger partial charge < -0.3 is 20.5 Å². The van der Waals surface area contributed by atoms with E-state index < -0.39 is 12.0 Å². The summed E-state index contributed by atoms with van der Waals surface area (Å²) in [6.45, 7) is 4.62. The van der Waals surface area contributed by atoms with Crippen LogP contribution in [0.4, 0.5) is 5.69 Å². The van der Waals surface area contributed by atoms with Crippen molar-refractivity contribution >= 4 is 33.5 Å². The maximum Gasteiger partial charge on any atom is 0.230 e. The van der Waals surface area contributed by atoms with Gasteiger partial charge in [-0.2, -0.15) is 0 Å². The number of rotatable bonds is 7. The Bertz CT molecular complexity index is 477. The predicted molar refractivity (Wildman–Crippen MR) is 77.8 cm³/mol. The van der Waals surface area contributed by atoms with Crippen molar-refractivity contribution in [3.05, 3.63) is 28.7 Å². The molecule has 0 radical (unpaired) electrons. The molecule has 1 aromatic rings. The zero-order valence-electron chi connectivity index (χ0n) is 11.6. The van der Waals surface area contributed by atoms with Crippen molar-refractivity contribution in [1.82, 2.24) is 0 Å². The average molecular weight is 343 g/mol. The smallest absolute Gasteiger partial charge is 0.230 e. The molecule has 0 aromatic heterocycles. The first-order chi connectivity index (χ1) is 9.40. The van der Waals surface area contributed by atoms with Crippen LogP contribution in [0.2, 0.25) is 0 Å².